The number of rotatable bonds is 2. The van der Waals surface area contributed by atoms with Crippen LogP contribution in [-0.4, -0.2) is 7.11 Å². The molecule has 4 heteroatoms. The molecule has 0 radical (unpaired) electrons. The molecule has 1 aromatic rings. The second-order valence-corrected chi connectivity index (χ2v) is 3.29. The van der Waals surface area contributed by atoms with E-state index in [1.165, 1.54) is 17.4 Å². The number of nitrogens with zero attached hydrogens (tertiary/aromatic N) is 1. The van der Waals surface area contributed by atoms with Crippen LogP contribution in [0.25, 0.3) is 5.03 Å². The van der Waals surface area contributed by atoms with Gasteiger partial charge in [-0.15, -0.1) is 11.3 Å². The molecular formula is C8H6ClNOS. The minimum Gasteiger partial charge on any atom is -0.496 e. The summed E-state index contributed by atoms with van der Waals surface area (Å²) < 4.78 is 4.96. The van der Waals surface area contributed by atoms with Crippen LogP contribution in [0, 0.1) is 11.3 Å². The Kier molecular flexibility index (Phi) is 3.15. The standard InChI is InChI=1S/C8H6ClNOS/c1-11-6-4-8(12-5-6)7(9)2-3-10/h2,4-5H,1H3/b7-2-. The molecule has 0 aliphatic rings. The van der Waals surface area contributed by atoms with Gasteiger partial charge in [-0.05, 0) is 6.07 Å². The number of methoxy groups -OCH3 is 1. The topological polar surface area (TPSA) is 33.0 Å². The quantitative estimate of drug-likeness (QED) is 0.687. The van der Waals surface area contributed by atoms with E-state index < -0.39 is 0 Å². The molecule has 0 aliphatic carbocycles. The smallest absolute Gasteiger partial charge is 0.130 e. The molecule has 0 atom stereocenters. The number of allylic oxidation sites excluding steroid dienone is 1. The molecule has 0 saturated carbocycles. The molecule has 0 aromatic carbocycles. The highest BCUT2D eigenvalue weighted by Gasteiger charge is 2.02. The summed E-state index contributed by atoms with van der Waals surface area (Å²) in [5.41, 5.74) is 0. The van der Waals surface area contributed by atoms with Gasteiger partial charge in [-0.1, -0.05) is 11.6 Å². The molecule has 1 aromatic heterocycles. The third-order valence-corrected chi connectivity index (χ3v) is 2.60. The first kappa shape index (κ1) is 9.11. The van der Waals surface area contributed by atoms with Crippen molar-refractivity contribution in [3.05, 3.63) is 22.4 Å². The average molecular weight is 200 g/mol. The third-order valence-electron chi connectivity index (χ3n) is 1.24. The van der Waals surface area contributed by atoms with E-state index in [0.717, 1.165) is 10.6 Å². The van der Waals surface area contributed by atoms with Crippen LogP contribution >= 0.6 is 22.9 Å². The Morgan fingerprint density at radius 2 is 2.58 bits per heavy atom. The zero-order chi connectivity index (χ0) is 8.97. The van der Waals surface area contributed by atoms with Crippen LogP contribution in [0.4, 0.5) is 0 Å². The van der Waals surface area contributed by atoms with Crippen molar-refractivity contribution in [2.75, 3.05) is 7.11 Å². The first-order valence-electron chi connectivity index (χ1n) is 3.16. The van der Waals surface area contributed by atoms with E-state index >= 15 is 0 Å². The lowest BCUT2D eigenvalue weighted by Gasteiger charge is -1.90. The van der Waals surface area contributed by atoms with Crippen molar-refractivity contribution >= 4 is 28.0 Å². The fourth-order valence-electron chi connectivity index (χ4n) is 0.679. The van der Waals surface area contributed by atoms with Gasteiger partial charge >= 0.3 is 0 Å². The van der Waals surface area contributed by atoms with Gasteiger partial charge in [0.15, 0.2) is 0 Å². The lowest BCUT2D eigenvalue weighted by molar-refractivity contribution is 0.416. The molecule has 0 bridgehead atoms. The minimum atomic E-state index is 0.450. The lowest BCUT2D eigenvalue weighted by atomic mass is 10.4. The van der Waals surface area contributed by atoms with Gasteiger partial charge in [0.05, 0.1) is 23.1 Å². The van der Waals surface area contributed by atoms with Crippen LogP contribution < -0.4 is 4.74 Å². The second-order valence-electron chi connectivity index (χ2n) is 1.97. The molecule has 0 saturated heterocycles. The van der Waals surface area contributed by atoms with Gasteiger partial charge in [-0.2, -0.15) is 5.26 Å². The van der Waals surface area contributed by atoms with E-state index in [1.54, 1.807) is 13.2 Å². The second kappa shape index (κ2) is 4.15. The maximum Gasteiger partial charge on any atom is 0.130 e. The van der Waals surface area contributed by atoms with E-state index in [-0.39, 0.29) is 0 Å². The molecule has 0 N–H and O–H groups in total. The fourth-order valence-corrected chi connectivity index (χ4v) is 1.68. The van der Waals surface area contributed by atoms with Crippen LogP contribution in [0.15, 0.2) is 17.5 Å². The molecule has 0 amide bonds. The normalized spacial score (nSPS) is 10.9. The molecule has 1 heterocycles. The van der Waals surface area contributed by atoms with Crippen molar-refractivity contribution in [1.29, 1.82) is 5.26 Å². The summed E-state index contributed by atoms with van der Waals surface area (Å²) in [4.78, 5) is 0.843. The number of thiophene rings is 1. The summed E-state index contributed by atoms with van der Waals surface area (Å²) in [7, 11) is 1.59. The van der Waals surface area contributed by atoms with E-state index in [2.05, 4.69) is 0 Å². The molecule has 0 spiro atoms. The van der Waals surface area contributed by atoms with E-state index in [0.29, 0.717) is 5.03 Å². The summed E-state index contributed by atoms with van der Waals surface area (Å²) in [6.45, 7) is 0. The Balaban J connectivity index is 2.90. The number of nitriles is 1. The molecule has 62 valence electrons. The van der Waals surface area contributed by atoms with Gasteiger partial charge in [0.1, 0.15) is 5.75 Å². The molecule has 12 heavy (non-hydrogen) atoms. The van der Waals surface area contributed by atoms with Crippen LogP contribution in [0.2, 0.25) is 0 Å². The predicted molar refractivity (Wildman–Crippen MR) is 50.3 cm³/mol. The lowest BCUT2D eigenvalue weighted by Crippen LogP contribution is -1.76. The van der Waals surface area contributed by atoms with Crippen molar-refractivity contribution in [2.24, 2.45) is 0 Å². The van der Waals surface area contributed by atoms with Crippen LogP contribution in [0.1, 0.15) is 4.88 Å². The van der Waals surface area contributed by atoms with Gasteiger partial charge in [0.2, 0.25) is 0 Å². The maximum atomic E-state index is 8.32. The van der Waals surface area contributed by atoms with E-state index in [9.17, 15) is 0 Å². The molecule has 2 nitrogen and oxygen atoms in total. The number of hydrogen-bond acceptors (Lipinski definition) is 3. The van der Waals surface area contributed by atoms with Gasteiger partial charge in [0.25, 0.3) is 0 Å². The summed E-state index contributed by atoms with van der Waals surface area (Å²) in [5.74, 6) is 0.763. The molecule has 0 aliphatic heterocycles. The minimum absolute atomic E-state index is 0.450. The Bertz CT molecular complexity index is 337. The Labute approximate surface area is 79.7 Å². The van der Waals surface area contributed by atoms with Crippen LogP contribution in [-0.2, 0) is 0 Å². The van der Waals surface area contributed by atoms with Gasteiger partial charge in [-0.25, -0.2) is 0 Å². The van der Waals surface area contributed by atoms with E-state index in [4.69, 9.17) is 21.6 Å². The van der Waals surface area contributed by atoms with Gasteiger partial charge in [-0.3, -0.25) is 0 Å². The van der Waals surface area contributed by atoms with Gasteiger partial charge in [0, 0.05) is 11.5 Å². The highest BCUT2D eigenvalue weighted by atomic mass is 35.5. The molecule has 1 rings (SSSR count). The highest BCUT2D eigenvalue weighted by Crippen LogP contribution is 2.29. The fraction of sp³-hybridized carbons (Fsp3) is 0.125. The number of halogens is 1. The van der Waals surface area contributed by atoms with Crippen molar-refractivity contribution < 1.29 is 4.74 Å². The summed E-state index contributed by atoms with van der Waals surface area (Å²) in [5, 5.41) is 10.6. The third kappa shape index (κ3) is 2.00. The SMILES string of the molecule is COc1csc(/C(Cl)=C/C#N)c1. The summed E-state index contributed by atoms with van der Waals surface area (Å²) in [6.07, 6.45) is 1.30. The van der Waals surface area contributed by atoms with Crippen LogP contribution in [0.3, 0.4) is 0 Å². The van der Waals surface area contributed by atoms with Crippen molar-refractivity contribution in [1.82, 2.24) is 0 Å². The largest absolute Gasteiger partial charge is 0.496 e. The first-order valence-corrected chi connectivity index (χ1v) is 4.42. The average Bonchev–Trinajstić information content (AvgIpc) is 2.52. The Morgan fingerprint density at radius 1 is 1.83 bits per heavy atom. The van der Waals surface area contributed by atoms with Crippen molar-refractivity contribution in [3.8, 4) is 11.8 Å². The zero-order valence-corrected chi connectivity index (χ0v) is 7.95. The summed E-state index contributed by atoms with van der Waals surface area (Å²) in [6, 6.07) is 3.66. The van der Waals surface area contributed by atoms with Crippen molar-refractivity contribution in [2.45, 2.75) is 0 Å². The van der Waals surface area contributed by atoms with Crippen LogP contribution in [0.5, 0.6) is 5.75 Å². The Hall–Kier alpha value is -0.980. The maximum absolute atomic E-state index is 8.32. The molecular weight excluding hydrogens is 194 g/mol. The predicted octanol–water partition coefficient (Wildman–Crippen LogP) is 2.86. The molecule has 0 fully saturated rings. The highest BCUT2D eigenvalue weighted by molar-refractivity contribution is 7.12. The monoisotopic (exact) mass is 199 g/mol. The molecule has 0 unspecified atom stereocenters. The zero-order valence-electron chi connectivity index (χ0n) is 6.37. The van der Waals surface area contributed by atoms with E-state index in [1.807, 2.05) is 11.4 Å². The number of ether oxygens (including phenoxy) is 1. The first-order chi connectivity index (χ1) is 5.77. The number of hydrogen-bond donors (Lipinski definition) is 0. The van der Waals surface area contributed by atoms with Gasteiger partial charge < -0.3 is 4.74 Å². The Morgan fingerprint density at radius 3 is 3.08 bits per heavy atom. The van der Waals surface area contributed by atoms with Crippen molar-refractivity contribution in [3.63, 3.8) is 0 Å². The summed E-state index contributed by atoms with van der Waals surface area (Å²) >= 11 is 7.22.